The van der Waals surface area contributed by atoms with Gasteiger partial charge in [-0.15, -0.1) is 0 Å². The number of nitrogens with one attached hydrogen (secondary N) is 1. The minimum Gasteiger partial charge on any atom is -0.350 e. The van der Waals surface area contributed by atoms with E-state index in [1.165, 1.54) is 17.0 Å². The average molecular weight is 293 g/mol. The summed E-state index contributed by atoms with van der Waals surface area (Å²) in [6.07, 6.45) is 0. The van der Waals surface area contributed by atoms with Gasteiger partial charge in [-0.3, -0.25) is 9.69 Å². The third-order valence-corrected chi connectivity index (χ3v) is 3.08. The van der Waals surface area contributed by atoms with Crippen molar-refractivity contribution in [1.82, 2.24) is 10.2 Å². The lowest BCUT2D eigenvalue weighted by atomic mass is 10.1. The molecule has 1 N–H and O–H groups in total. The smallest absolute Gasteiger partial charge is 0.325 e. The van der Waals surface area contributed by atoms with E-state index in [0.717, 1.165) is 0 Å². The molecule has 1 aliphatic rings. The molecule has 0 unspecified atom stereocenters. The van der Waals surface area contributed by atoms with Crippen LogP contribution in [0.25, 0.3) is 0 Å². The Morgan fingerprint density at radius 3 is 2.43 bits per heavy atom. The van der Waals surface area contributed by atoms with Crippen molar-refractivity contribution >= 4 is 17.6 Å². The van der Waals surface area contributed by atoms with Gasteiger partial charge in [-0.05, 0) is 45.0 Å². The van der Waals surface area contributed by atoms with Gasteiger partial charge in [0.15, 0.2) is 0 Å². The molecule has 0 bridgehead atoms. The van der Waals surface area contributed by atoms with Crippen molar-refractivity contribution in [3.63, 3.8) is 0 Å². The maximum Gasteiger partial charge on any atom is 0.325 e. The minimum atomic E-state index is -0.341. The van der Waals surface area contributed by atoms with Crippen LogP contribution in [-0.4, -0.2) is 42.0 Å². The molecule has 0 aromatic heterocycles. The summed E-state index contributed by atoms with van der Waals surface area (Å²) in [6, 6.07) is 5.53. The maximum atomic E-state index is 12.9. The van der Waals surface area contributed by atoms with Crippen LogP contribution in [0.3, 0.4) is 0 Å². The highest BCUT2D eigenvalue weighted by Gasteiger charge is 2.31. The highest BCUT2D eigenvalue weighted by atomic mass is 19.1. The number of amides is 3. The first kappa shape index (κ1) is 15.3. The molecule has 1 aromatic carbocycles. The van der Waals surface area contributed by atoms with Crippen LogP contribution in [0.5, 0.6) is 0 Å². The van der Waals surface area contributed by atoms with Crippen molar-refractivity contribution in [3.05, 3.63) is 30.1 Å². The topological polar surface area (TPSA) is 52.7 Å². The van der Waals surface area contributed by atoms with Gasteiger partial charge in [-0.1, -0.05) is 0 Å². The first-order chi connectivity index (χ1) is 9.76. The monoisotopic (exact) mass is 293 g/mol. The Bertz CT molecular complexity index is 537. The van der Waals surface area contributed by atoms with Crippen LogP contribution >= 0.6 is 0 Å². The normalized spacial score (nSPS) is 15.5. The minimum absolute atomic E-state index is 0.0355. The molecular formula is C15H20FN3O2. The molecule has 21 heavy (non-hydrogen) atoms. The lowest BCUT2D eigenvalue weighted by Crippen LogP contribution is -2.46. The lowest BCUT2D eigenvalue weighted by molar-refractivity contribution is -0.122. The Morgan fingerprint density at radius 1 is 1.24 bits per heavy atom. The molecule has 0 atom stereocenters. The predicted molar refractivity (Wildman–Crippen MR) is 78.6 cm³/mol. The Hall–Kier alpha value is -2.11. The number of rotatable bonds is 3. The van der Waals surface area contributed by atoms with E-state index in [0.29, 0.717) is 18.8 Å². The Labute approximate surface area is 123 Å². The van der Waals surface area contributed by atoms with E-state index in [1.807, 2.05) is 20.8 Å². The summed E-state index contributed by atoms with van der Waals surface area (Å²) >= 11 is 0. The van der Waals surface area contributed by atoms with Crippen LogP contribution < -0.4 is 10.2 Å². The molecule has 6 heteroatoms. The summed E-state index contributed by atoms with van der Waals surface area (Å²) in [5.41, 5.74) is 0.316. The fraction of sp³-hybridized carbons (Fsp3) is 0.467. The molecule has 0 spiro atoms. The molecule has 1 fully saturated rings. The molecule has 1 heterocycles. The van der Waals surface area contributed by atoms with Gasteiger partial charge in [0.2, 0.25) is 5.91 Å². The number of carbonyl (C=O) groups excluding carboxylic acids is 2. The first-order valence-electron chi connectivity index (χ1n) is 6.89. The van der Waals surface area contributed by atoms with Gasteiger partial charge in [0.25, 0.3) is 0 Å². The van der Waals surface area contributed by atoms with Gasteiger partial charge in [0.05, 0.1) is 0 Å². The lowest BCUT2D eigenvalue weighted by Gasteiger charge is -2.23. The van der Waals surface area contributed by atoms with Gasteiger partial charge >= 0.3 is 6.03 Å². The van der Waals surface area contributed by atoms with Gasteiger partial charge in [0, 0.05) is 24.3 Å². The zero-order valence-electron chi connectivity index (χ0n) is 12.5. The summed E-state index contributed by atoms with van der Waals surface area (Å²) in [6.45, 7) is 6.68. The molecule has 0 aliphatic carbocycles. The standard InChI is InChI=1S/C15H20FN3O2/c1-15(2,3)17-13(20)10-18-8-9-19(14(18)21)12-6-4-11(16)5-7-12/h4-7H,8-10H2,1-3H3,(H,17,20). The summed E-state index contributed by atoms with van der Waals surface area (Å²) in [5.74, 6) is -0.524. The quantitative estimate of drug-likeness (QED) is 0.926. The summed E-state index contributed by atoms with van der Waals surface area (Å²) in [7, 11) is 0. The molecule has 5 nitrogen and oxygen atoms in total. The summed E-state index contributed by atoms with van der Waals surface area (Å²) in [5, 5.41) is 2.83. The van der Waals surface area contributed by atoms with E-state index in [1.54, 1.807) is 17.0 Å². The first-order valence-corrected chi connectivity index (χ1v) is 6.89. The molecule has 2 rings (SSSR count). The number of hydrogen-bond donors (Lipinski definition) is 1. The number of carbonyl (C=O) groups is 2. The van der Waals surface area contributed by atoms with Crippen molar-refractivity contribution in [2.75, 3.05) is 24.5 Å². The largest absolute Gasteiger partial charge is 0.350 e. The fourth-order valence-electron chi connectivity index (χ4n) is 2.22. The Balaban J connectivity index is 1.98. The summed E-state index contributed by atoms with van der Waals surface area (Å²) in [4.78, 5) is 27.2. The second kappa shape index (κ2) is 5.71. The van der Waals surface area contributed by atoms with Crippen molar-refractivity contribution < 1.29 is 14.0 Å². The number of halogens is 1. The average Bonchev–Trinajstić information content (AvgIpc) is 2.70. The Morgan fingerprint density at radius 2 is 1.86 bits per heavy atom. The van der Waals surface area contributed by atoms with Crippen LogP contribution in [0.15, 0.2) is 24.3 Å². The molecule has 1 aromatic rings. The van der Waals surface area contributed by atoms with Crippen molar-refractivity contribution in [1.29, 1.82) is 0 Å². The van der Waals surface area contributed by atoms with E-state index in [2.05, 4.69) is 5.32 Å². The third-order valence-electron chi connectivity index (χ3n) is 3.08. The number of benzene rings is 1. The van der Waals surface area contributed by atoms with Crippen LogP contribution in [0.4, 0.5) is 14.9 Å². The predicted octanol–water partition coefficient (Wildman–Crippen LogP) is 1.98. The van der Waals surface area contributed by atoms with Crippen LogP contribution in [0, 0.1) is 5.82 Å². The highest BCUT2D eigenvalue weighted by Crippen LogP contribution is 2.20. The van der Waals surface area contributed by atoms with Crippen molar-refractivity contribution in [2.24, 2.45) is 0 Å². The van der Waals surface area contributed by atoms with Gasteiger partial charge in [-0.2, -0.15) is 0 Å². The Kier molecular flexibility index (Phi) is 4.16. The van der Waals surface area contributed by atoms with Crippen molar-refractivity contribution in [3.8, 4) is 0 Å². The van der Waals surface area contributed by atoms with Crippen LogP contribution in [-0.2, 0) is 4.79 Å². The molecule has 1 saturated heterocycles. The van der Waals surface area contributed by atoms with Gasteiger partial charge in [-0.25, -0.2) is 9.18 Å². The van der Waals surface area contributed by atoms with Crippen LogP contribution in [0.2, 0.25) is 0 Å². The number of anilines is 1. The number of nitrogens with zero attached hydrogens (tertiary/aromatic N) is 2. The SMILES string of the molecule is CC(C)(C)NC(=O)CN1CCN(c2ccc(F)cc2)C1=O. The molecule has 3 amide bonds. The van der Waals surface area contributed by atoms with Crippen molar-refractivity contribution in [2.45, 2.75) is 26.3 Å². The fourth-order valence-corrected chi connectivity index (χ4v) is 2.22. The van der Waals surface area contributed by atoms with E-state index < -0.39 is 0 Å². The van der Waals surface area contributed by atoms with E-state index in [4.69, 9.17) is 0 Å². The highest BCUT2D eigenvalue weighted by molar-refractivity contribution is 5.96. The zero-order chi connectivity index (χ0) is 15.6. The molecule has 114 valence electrons. The number of hydrogen-bond acceptors (Lipinski definition) is 2. The second-order valence-electron chi connectivity index (χ2n) is 6.13. The molecule has 0 saturated carbocycles. The van der Waals surface area contributed by atoms with E-state index >= 15 is 0 Å². The van der Waals surface area contributed by atoms with E-state index in [-0.39, 0.29) is 29.8 Å². The molecule has 0 radical (unpaired) electrons. The second-order valence-corrected chi connectivity index (χ2v) is 6.13. The third kappa shape index (κ3) is 3.93. The summed E-state index contributed by atoms with van der Waals surface area (Å²) < 4.78 is 12.9. The van der Waals surface area contributed by atoms with Crippen LogP contribution in [0.1, 0.15) is 20.8 Å². The molecular weight excluding hydrogens is 273 g/mol. The van der Waals surface area contributed by atoms with Gasteiger partial charge in [0.1, 0.15) is 12.4 Å². The maximum absolute atomic E-state index is 12.9. The van der Waals surface area contributed by atoms with E-state index in [9.17, 15) is 14.0 Å². The number of urea groups is 1. The van der Waals surface area contributed by atoms with Gasteiger partial charge < -0.3 is 10.2 Å². The zero-order valence-corrected chi connectivity index (χ0v) is 12.5. The molecule has 1 aliphatic heterocycles.